The van der Waals surface area contributed by atoms with E-state index in [0.717, 1.165) is 13.0 Å². The van der Waals surface area contributed by atoms with Gasteiger partial charge in [0.05, 0.1) is 7.11 Å². The summed E-state index contributed by atoms with van der Waals surface area (Å²) in [7, 11) is 1.60. The van der Waals surface area contributed by atoms with Gasteiger partial charge in [0.15, 0.2) is 0 Å². The van der Waals surface area contributed by atoms with Crippen LogP contribution >= 0.6 is 11.6 Å². The second-order valence-corrected chi connectivity index (χ2v) is 4.92. The monoisotopic (exact) mass is 255 g/mol. The molecule has 0 spiro atoms. The lowest BCUT2D eigenvalue weighted by atomic mass is 9.89. The largest absolute Gasteiger partial charge is 0.481 e. The molecule has 0 bridgehead atoms. The van der Waals surface area contributed by atoms with E-state index in [2.05, 4.69) is 15.3 Å². The SMILES string of the molecule is COc1ccnc(NCC2CCCCC2Cl)n1. The third-order valence-corrected chi connectivity index (χ3v) is 3.75. The summed E-state index contributed by atoms with van der Waals surface area (Å²) >= 11 is 6.30. The van der Waals surface area contributed by atoms with Crippen LogP contribution in [0.5, 0.6) is 5.88 Å². The van der Waals surface area contributed by atoms with E-state index in [1.807, 2.05) is 0 Å². The average Bonchev–Trinajstić information content (AvgIpc) is 2.38. The lowest BCUT2D eigenvalue weighted by Crippen LogP contribution is -2.27. The van der Waals surface area contributed by atoms with Crippen molar-refractivity contribution in [2.45, 2.75) is 31.1 Å². The summed E-state index contributed by atoms with van der Waals surface area (Å²) in [5.41, 5.74) is 0. The van der Waals surface area contributed by atoms with Gasteiger partial charge < -0.3 is 10.1 Å². The molecule has 5 heteroatoms. The summed E-state index contributed by atoms with van der Waals surface area (Å²) in [6, 6.07) is 1.73. The van der Waals surface area contributed by atoms with Crippen LogP contribution in [0.15, 0.2) is 12.3 Å². The van der Waals surface area contributed by atoms with Gasteiger partial charge >= 0.3 is 0 Å². The molecule has 2 atom stereocenters. The van der Waals surface area contributed by atoms with Crippen molar-refractivity contribution < 1.29 is 4.74 Å². The Morgan fingerprint density at radius 3 is 3.06 bits per heavy atom. The van der Waals surface area contributed by atoms with Crippen molar-refractivity contribution in [1.82, 2.24) is 9.97 Å². The number of anilines is 1. The number of methoxy groups -OCH3 is 1. The standard InChI is InChI=1S/C12H18ClN3O/c1-17-11-6-7-14-12(16-11)15-8-9-4-2-3-5-10(9)13/h6-7,9-10H,2-5,8H2,1H3,(H,14,15,16). The maximum absolute atomic E-state index is 6.30. The highest BCUT2D eigenvalue weighted by Gasteiger charge is 2.22. The Hall–Kier alpha value is -1.03. The first-order valence-corrected chi connectivity index (χ1v) is 6.48. The van der Waals surface area contributed by atoms with Crippen LogP contribution in [0.4, 0.5) is 5.95 Å². The molecule has 2 unspecified atom stereocenters. The molecule has 0 aliphatic heterocycles. The van der Waals surface area contributed by atoms with Gasteiger partial charge in [0.2, 0.25) is 11.8 Å². The molecular weight excluding hydrogens is 238 g/mol. The molecule has 0 amide bonds. The van der Waals surface area contributed by atoms with Crippen molar-refractivity contribution in [2.75, 3.05) is 19.0 Å². The zero-order valence-electron chi connectivity index (χ0n) is 10.0. The van der Waals surface area contributed by atoms with E-state index < -0.39 is 0 Å². The molecule has 0 aromatic carbocycles. The number of aromatic nitrogens is 2. The van der Waals surface area contributed by atoms with E-state index in [1.54, 1.807) is 19.4 Å². The van der Waals surface area contributed by atoms with E-state index in [-0.39, 0.29) is 5.38 Å². The van der Waals surface area contributed by atoms with Gasteiger partial charge in [-0.25, -0.2) is 4.98 Å². The Balaban J connectivity index is 1.88. The molecular formula is C12H18ClN3O. The van der Waals surface area contributed by atoms with E-state index in [0.29, 0.717) is 17.7 Å². The topological polar surface area (TPSA) is 47.0 Å². The summed E-state index contributed by atoms with van der Waals surface area (Å²) in [5.74, 6) is 1.70. The second-order valence-electron chi connectivity index (χ2n) is 4.36. The number of ether oxygens (including phenoxy) is 1. The zero-order chi connectivity index (χ0) is 12.1. The van der Waals surface area contributed by atoms with E-state index in [4.69, 9.17) is 16.3 Å². The number of halogens is 1. The van der Waals surface area contributed by atoms with Crippen LogP contribution in [0, 0.1) is 5.92 Å². The van der Waals surface area contributed by atoms with Crippen LogP contribution < -0.4 is 10.1 Å². The van der Waals surface area contributed by atoms with Crippen LogP contribution in [0.3, 0.4) is 0 Å². The lowest BCUT2D eigenvalue weighted by Gasteiger charge is -2.27. The summed E-state index contributed by atoms with van der Waals surface area (Å²) in [6.07, 6.45) is 6.51. The normalized spacial score (nSPS) is 24.4. The molecule has 1 aliphatic rings. The van der Waals surface area contributed by atoms with Crippen LogP contribution in [-0.2, 0) is 0 Å². The van der Waals surface area contributed by atoms with Crippen LogP contribution in [0.2, 0.25) is 0 Å². The molecule has 0 radical (unpaired) electrons. The Morgan fingerprint density at radius 2 is 2.29 bits per heavy atom. The first kappa shape index (κ1) is 12.4. The molecule has 1 aromatic heterocycles. The van der Waals surface area contributed by atoms with Gasteiger partial charge in [0.1, 0.15) is 0 Å². The fourth-order valence-corrected chi connectivity index (χ4v) is 2.53. The van der Waals surface area contributed by atoms with Crippen LogP contribution in [-0.4, -0.2) is 29.0 Å². The van der Waals surface area contributed by atoms with Gasteiger partial charge in [-0.3, -0.25) is 0 Å². The second kappa shape index (κ2) is 6.05. The van der Waals surface area contributed by atoms with E-state index >= 15 is 0 Å². The maximum atomic E-state index is 6.30. The van der Waals surface area contributed by atoms with Crippen molar-refractivity contribution in [3.63, 3.8) is 0 Å². The fraction of sp³-hybridized carbons (Fsp3) is 0.667. The molecule has 1 heterocycles. The molecule has 94 valence electrons. The fourth-order valence-electron chi connectivity index (χ4n) is 2.16. The molecule has 1 N–H and O–H groups in total. The van der Waals surface area contributed by atoms with E-state index in [1.165, 1.54) is 19.3 Å². The number of hydrogen-bond donors (Lipinski definition) is 1. The first-order valence-electron chi connectivity index (χ1n) is 6.04. The number of rotatable bonds is 4. The van der Waals surface area contributed by atoms with Gasteiger partial charge in [0, 0.05) is 24.2 Å². The van der Waals surface area contributed by atoms with Crippen molar-refractivity contribution in [3.8, 4) is 5.88 Å². The Kier molecular flexibility index (Phi) is 4.42. The number of hydrogen-bond acceptors (Lipinski definition) is 4. The minimum Gasteiger partial charge on any atom is -0.481 e. The molecule has 0 saturated heterocycles. The van der Waals surface area contributed by atoms with Crippen LogP contribution in [0.1, 0.15) is 25.7 Å². The highest BCUT2D eigenvalue weighted by atomic mass is 35.5. The van der Waals surface area contributed by atoms with Crippen molar-refractivity contribution in [2.24, 2.45) is 5.92 Å². The van der Waals surface area contributed by atoms with Gasteiger partial charge in [-0.1, -0.05) is 12.8 Å². The first-order chi connectivity index (χ1) is 8.29. The molecule has 1 aliphatic carbocycles. The minimum absolute atomic E-state index is 0.279. The summed E-state index contributed by atoms with van der Waals surface area (Å²) < 4.78 is 5.05. The Bertz CT molecular complexity index is 361. The molecule has 1 aromatic rings. The lowest BCUT2D eigenvalue weighted by molar-refractivity contribution is 0.379. The Labute approximate surface area is 107 Å². The quantitative estimate of drug-likeness (QED) is 0.841. The molecule has 2 rings (SSSR count). The molecule has 1 saturated carbocycles. The van der Waals surface area contributed by atoms with E-state index in [9.17, 15) is 0 Å². The third-order valence-electron chi connectivity index (χ3n) is 3.18. The average molecular weight is 256 g/mol. The number of nitrogens with zero attached hydrogens (tertiary/aromatic N) is 2. The number of alkyl halides is 1. The summed E-state index contributed by atoms with van der Waals surface area (Å²) in [5, 5.41) is 3.51. The van der Waals surface area contributed by atoms with Crippen molar-refractivity contribution in [3.05, 3.63) is 12.3 Å². The van der Waals surface area contributed by atoms with Crippen LogP contribution in [0.25, 0.3) is 0 Å². The molecule has 1 fully saturated rings. The van der Waals surface area contributed by atoms with Crippen molar-refractivity contribution >= 4 is 17.5 Å². The maximum Gasteiger partial charge on any atom is 0.225 e. The molecule has 4 nitrogen and oxygen atoms in total. The van der Waals surface area contributed by atoms with Gasteiger partial charge in [-0.15, -0.1) is 11.6 Å². The van der Waals surface area contributed by atoms with Crippen molar-refractivity contribution in [1.29, 1.82) is 0 Å². The third kappa shape index (κ3) is 3.46. The van der Waals surface area contributed by atoms with Gasteiger partial charge in [-0.05, 0) is 18.8 Å². The predicted octanol–water partition coefficient (Wildman–Crippen LogP) is 2.69. The highest BCUT2D eigenvalue weighted by molar-refractivity contribution is 6.20. The van der Waals surface area contributed by atoms with Gasteiger partial charge in [0.25, 0.3) is 0 Å². The predicted molar refractivity (Wildman–Crippen MR) is 68.7 cm³/mol. The summed E-state index contributed by atoms with van der Waals surface area (Å²) in [4.78, 5) is 8.36. The zero-order valence-corrected chi connectivity index (χ0v) is 10.8. The highest BCUT2D eigenvalue weighted by Crippen LogP contribution is 2.28. The van der Waals surface area contributed by atoms with Gasteiger partial charge in [-0.2, -0.15) is 4.98 Å². The molecule has 17 heavy (non-hydrogen) atoms. The summed E-state index contributed by atoms with van der Waals surface area (Å²) in [6.45, 7) is 0.835. The minimum atomic E-state index is 0.279. The number of nitrogens with one attached hydrogen (secondary N) is 1. The smallest absolute Gasteiger partial charge is 0.225 e. The Morgan fingerprint density at radius 1 is 1.47 bits per heavy atom.